The number of rotatable bonds is 5. The van der Waals surface area contributed by atoms with Gasteiger partial charge in [-0.15, -0.1) is 0 Å². The topological polar surface area (TPSA) is 49.3 Å². The van der Waals surface area contributed by atoms with Gasteiger partial charge in [-0.05, 0) is 25.3 Å². The molecule has 0 bridgehead atoms. The number of hydrogen-bond acceptors (Lipinski definition) is 2. The summed E-state index contributed by atoms with van der Waals surface area (Å²) in [5.74, 6) is -1.59. The summed E-state index contributed by atoms with van der Waals surface area (Å²) in [6.45, 7) is 5.00. The van der Waals surface area contributed by atoms with Gasteiger partial charge in [0, 0.05) is 6.04 Å². The van der Waals surface area contributed by atoms with Gasteiger partial charge in [-0.3, -0.25) is 4.79 Å². The molecule has 0 aromatic carbocycles. The van der Waals surface area contributed by atoms with Crippen LogP contribution in [0.4, 0.5) is 4.39 Å². The highest BCUT2D eigenvalue weighted by Gasteiger charge is 2.47. The van der Waals surface area contributed by atoms with Crippen molar-refractivity contribution in [3.63, 3.8) is 0 Å². The average Bonchev–Trinajstić information content (AvgIpc) is 2.78. The maximum Gasteiger partial charge on any atom is 0.306 e. The minimum atomic E-state index is -0.783. The molecule has 0 radical (unpaired) electrons. The van der Waals surface area contributed by atoms with E-state index >= 15 is 0 Å². The molecule has 3 atom stereocenters. The predicted molar refractivity (Wildman–Crippen MR) is 46.7 cm³/mol. The first-order chi connectivity index (χ1) is 6.06. The lowest BCUT2D eigenvalue weighted by atomic mass is 10.1. The Balaban J connectivity index is 2.42. The smallest absolute Gasteiger partial charge is 0.306 e. The van der Waals surface area contributed by atoms with Gasteiger partial charge in [-0.25, -0.2) is 0 Å². The molecule has 1 saturated carbocycles. The van der Waals surface area contributed by atoms with E-state index in [1.165, 1.54) is 0 Å². The summed E-state index contributed by atoms with van der Waals surface area (Å²) >= 11 is 0. The van der Waals surface area contributed by atoms with Crippen LogP contribution < -0.4 is 5.32 Å². The molecule has 13 heavy (non-hydrogen) atoms. The van der Waals surface area contributed by atoms with E-state index in [-0.39, 0.29) is 17.9 Å². The molecule has 2 N–H and O–H groups in total. The molecule has 74 valence electrons. The van der Waals surface area contributed by atoms with Gasteiger partial charge < -0.3 is 10.4 Å². The summed E-state index contributed by atoms with van der Waals surface area (Å²) in [7, 11) is 0. The van der Waals surface area contributed by atoms with Gasteiger partial charge >= 0.3 is 5.97 Å². The lowest BCUT2D eigenvalue weighted by Crippen LogP contribution is -2.29. The Morgan fingerprint density at radius 1 is 1.85 bits per heavy atom. The van der Waals surface area contributed by atoms with Crippen LogP contribution in [0.1, 0.15) is 19.8 Å². The number of carboxylic acid groups (broad SMARTS) is 1. The largest absolute Gasteiger partial charge is 0.481 e. The molecule has 1 rings (SSSR count). The van der Waals surface area contributed by atoms with Gasteiger partial charge in [0.15, 0.2) is 5.95 Å². The molecule has 0 spiro atoms. The molecule has 2 unspecified atom stereocenters. The first-order valence-electron chi connectivity index (χ1n) is 4.40. The number of halogens is 1. The molecule has 0 aromatic heterocycles. The second kappa shape index (κ2) is 3.77. The van der Waals surface area contributed by atoms with Crippen LogP contribution in [0.5, 0.6) is 0 Å². The number of aliphatic carboxylic acids is 1. The van der Waals surface area contributed by atoms with Gasteiger partial charge in [0.1, 0.15) is 0 Å². The zero-order valence-corrected chi connectivity index (χ0v) is 7.59. The standard InChI is InChI=1S/C9H14FNO2/c1-3-8(11-5(2)10)6-4-7(6)9(12)13/h6-8,11H,2-4H2,1H3,(H,12,13)/t6?,7-,8?/m1/s1. The Morgan fingerprint density at radius 3 is 2.77 bits per heavy atom. The minimum absolute atomic E-state index is 0.0648. The van der Waals surface area contributed by atoms with Gasteiger partial charge in [0.05, 0.1) is 5.92 Å². The number of hydrogen-bond donors (Lipinski definition) is 2. The molecule has 0 amide bonds. The Bertz CT molecular complexity index is 230. The molecule has 0 aliphatic heterocycles. The molecule has 1 aliphatic carbocycles. The zero-order chi connectivity index (χ0) is 10.0. The summed E-state index contributed by atoms with van der Waals surface area (Å²) in [6.07, 6.45) is 1.37. The highest BCUT2D eigenvalue weighted by Crippen LogP contribution is 2.42. The first kappa shape index (κ1) is 10.0. The van der Waals surface area contributed by atoms with Gasteiger partial charge in [0.25, 0.3) is 0 Å². The van der Waals surface area contributed by atoms with Crippen molar-refractivity contribution >= 4 is 5.97 Å². The Morgan fingerprint density at radius 2 is 2.46 bits per heavy atom. The lowest BCUT2D eigenvalue weighted by Gasteiger charge is -2.15. The number of carbonyl (C=O) groups is 1. The minimum Gasteiger partial charge on any atom is -0.481 e. The fraction of sp³-hybridized carbons (Fsp3) is 0.667. The molecular formula is C9H14FNO2. The van der Waals surface area contributed by atoms with Crippen molar-refractivity contribution in [3.05, 3.63) is 12.5 Å². The molecule has 0 saturated heterocycles. The van der Waals surface area contributed by atoms with Crippen LogP contribution in [0.2, 0.25) is 0 Å². The van der Waals surface area contributed by atoms with Crippen LogP contribution >= 0.6 is 0 Å². The van der Waals surface area contributed by atoms with Crippen LogP contribution in [0.3, 0.4) is 0 Å². The number of carboxylic acids is 1. The maximum absolute atomic E-state index is 12.4. The second-order valence-electron chi connectivity index (χ2n) is 3.41. The van der Waals surface area contributed by atoms with Crippen molar-refractivity contribution in [1.29, 1.82) is 0 Å². The van der Waals surface area contributed by atoms with Crippen LogP contribution in [-0.4, -0.2) is 17.1 Å². The number of nitrogens with one attached hydrogen (secondary N) is 1. The predicted octanol–water partition coefficient (Wildman–Crippen LogP) is 1.52. The third-order valence-corrected chi connectivity index (χ3v) is 2.46. The molecule has 1 aliphatic rings. The van der Waals surface area contributed by atoms with Gasteiger partial charge in [0.2, 0.25) is 0 Å². The van der Waals surface area contributed by atoms with E-state index in [1.54, 1.807) is 0 Å². The summed E-state index contributed by atoms with van der Waals surface area (Å²) in [5.41, 5.74) is 0. The third-order valence-electron chi connectivity index (χ3n) is 2.46. The maximum atomic E-state index is 12.4. The van der Waals surface area contributed by atoms with Crippen molar-refractivity contribution in [2.75, 3.05) is 0 Å². The summed E-state index contributed by atoms with van der Waals surface area (Å²) in [5, 5.41) is 11.2. The monoisotopic (exact) mass is 187 g/mol. The quantitative estimate of drug-likeness (QED) is 0.641. The molecule has 0 aromatic rings. The highest BCUT2D eigenvalue weighted by atomic mass is 19.1. The Hall–Kier alpha value is -1.06. The van der Waals surface area contributed by atoms with Crippen LogP contribution in [0, 0.1) is 11.8 Å². The van der Waals surface area contributed by atoms with E-state index in [0.29, 0.717) is 6.42 Å². The van der Waals surface area contributed by atoms with Crippen LogP contribution in [0.15, 0.2) is 12.5 Å². The first-order valence-corrected chi connectivity index (χ1v) is 4.40. The van der Waals surface area contributed by atoms with Crippen LogP contribution in [0.25, 0.3) is 0 Å². The van der Waals surface area contributed by atoms with E-state index in [0.717, 1.165) is 6.42 Å². The van der Waals surface area contributed by atoms with E-state index in [2.05, 4.69) is 11.9 Å². The fourth-order valence-corrected chi connectivity index (χ4v) is 1.66. The SMILES string of the molecule is C=C(F)NC(CC)C1C[C@H]1C(=O)O. The molecule has 3 nitrogen and oxygen atoms in total. The normalized spacial score (nSPS) is 27.8. The Kier molecular flexibility index (Phi) is 2.90. The van der Waals surface area contributed by atoms with E-state index < -0.39 is 11.9 Å². The van der Waals surface area contributed by atoms with E-state index in [1.807, 2.05) is 6.92 Å². The van der Waals surface area contributed by atoms with Crippen LogP contribution in [-0.2, 0) is 4.79 Å². The Labute approximate surface area is 76.6 Å². The summed E-state index contributed by atoms with van der Waals surface area (Å²) in [6, 6.07) is -0.0846. The molecule has 1 fully saturated rings. The molecular weight excluding hydrogens is 173 g/mol. The lowest BCUT2D eigenvalue weighted by molar-refractivity contribution is -0.138. The van der Waals surface area contributed by atoms with Gasteiger partial charge in [-0.1, -0.05) is 6.92 Å². The average molecular weight is 187 g/mol. The van der Waals surface area contributed by atoms with Crippen molar-refractivity contribution in [2.45, 2.75) is 25.8 Å². The highest BCUT2D eigenvalue weighted by molar-refractivity contribution is 5.73. The summed E-state index contributed by atoms with van der Waals surface area (Å²) in [4.78, 5) is 10.5. The van der Waals surface area contributed by atoms with Crippen molar-refractivity contribution < 1.29 is 14.3 Å². The van der Waals surface area contributed by atoms with Crippen molar-refractivity contribution in [3.8, 4) is 0 Å². The summed E-state index contributed by atoms with van der Waals surface area (Å²) < 4.78 is 12.4. The fourth-order valence-electron chi connectivity index (χ4n) is 1.66. The van der Waals surface area contributed by atoms with Crippen molar-refractivity contribution in [1.82, 2.24) is 5.32 Å². The van der Waals surface area contributed by atoms with Crippen molar-refractivity contribution in [2.24, 2.45) is 11.8 Å². The zero-order valence-electron chi connectivity index (χ0n) is 7.59. The molecule has 0 heterocycles. The van der Waals surface area contributed by atoms with Gasteiger partial charge in [-0.2, -0.15) is 4.39 Å². The third kappa shape index (κ3) is 2.44. The van der Waals surface area contributed by atoms with E-state index in [9.17, 15) is 9.18 Å². The second-order valence-corrected chi connectivity index (χ2v) is 3.41. The van der Waals surface area contributed by atoms with E-state index in [4.69, 9.17) is 5.11 Å². The molecule has 4 heteroatoms.